The number of nitrogens with one attached hydrogen (secondary N) is 1. The highest BCUT2D eigenvalue weighted by atomic mass is 19.4. The van der Waals surface area contributed by atoms with Gasteiger partial charge in [0, 0.05) is 0 Å². The van der Waals surface area contributed by atoms with Crippen LogP contribution in [-0.2, 0) is 12.8 Å². The van der Waals surface area contributed by atoms with Gasteiger partial charge in [-0.05, 0) is 79.9 Å². The summed E-state index contributed by atoms with van der Waals surface area (Å²) in [5.74, 6) is 1.22. The highest BCUT2D eigenvalue weighted by Gasteiger charge is 2.29. The normalized spacial score (nSPS) is 11.6. The molecule has 0 saturated carbocycles. The Morgan fingerprint density at radius 1 is 0.906 bits per heavy atom. The lowest BCUT2D eigenvalue weighted by Crippen LogP contribution is -2.04. The van der Waals surface area contributed by atoms with E-state index < -0.39 is 11.7 Å². The number of alkyl halides is 3. The summed E-state index contributed by atoms with van der Waals surface area (Å²) in [4.78, 5) is 0. The SMILES string of the molecule is CCOc1cc(C=NNc2ccc(C(F)(F)F)cc2)ccc1OCc1cc(C)ccc1C. The van der Waals surface area contributed by atoms with E-state index >= 15 is 0 Å². The smallest absolute Gasteiger partial charge is 0.416 e. The summed E-state index contributed by atoms with van der Waals surface area (Å²) in [6, 6.07) is 16.4. The average molecular weight is 442 g/mol. The van der Waals surface area contributed by atoms with Gasteiger partial charge in [0.25, 0.3) is 0 Å². The number of halogens is 3. The maximum absolute atomic E-state index is 12.6. The molecule has 0 unspecified atom stereocenters. The molecule has 3 aromatic rings. The Balaban J connectivity index is 1.67. The predicted molar refractivity (Wildman–Crippen MR) is 121 cm³/mol. The first-order chi connectivity index (χ1) is 15.3. The Kier molecular flexibility index (Phi) is 7.41. The second-order valence-electron chi connectivity index (χ2n) is 7.30. The molecule has 32 heavy (non-hydrogen) atoms. The van der Waals surface area contributed by atoms with Crippen molar-refractivity contribution in [1.82, 2.24) is 0 Å². The van der Waals surface area contributed by atoms with Crippen LogP contribution >= 0.6 is 0 Å². The first-order valence-corrected chi connectivity index (χ1v) is 10.2. The van der Waals surface area contributed by atoms with Crippen molar-refractivity contribution < 1.29 is 22.6 Å². The summed E-state index contributed by atoms with van der Waals surface area (Å²) in [6.45, 7) is 6.88. The van der Waals surface area contributed by atoms with Crippen LogP contribution in [-0.4, -0.2) is 12.8 Å². The molecule has 0 fully saturated rings. The fourth-order valence-corrected chi connectivity index (χ4v) is 3.02. The zero-order valence-electron chi connectivity index (χ0n) is 18.2. The molecule has 0 amide bonds. The van der Waals surface area contributed by atoms with Crippen molar-refractivity contribution in [2.45, 2.75) is 33.6 Å². The molecule has 0 aliphatic heterocycles. The monoisotopic (exact) mass is 442 g/mol. The molecular weight excluding hydrogens is 417 g/mol. The molecule has 0 heterocycles. The molecule has 1 N–H and O–H groups in total. The van der Waals surface area contributed by atoms with Gasteiger partial charge in [0.1, 0.15) is 6.61 Å². The Morgan fingerprint density at radius 3 is 2.34 bits per heavy atom. The second kappa shape index (κ2) is 10.2. The van der Waals surface area contributed by atoms with Gasteiger partial charge < -0.3 is 9.47 Å². The van der Waals surface area contributed by atoms with Gasteiger partial charge in [-0.15, -0.1) is 0 Å². The van der Waals surface area contributed by atoms with Crippen LogP contribution in [0.1, 0.15) is 34.7 Å². The number of nitrogens with zero attached hydrogens (tertiary/aromatic N) is 1. The van der Waals surface area contributed by atoms with E-state index in [0.29, 0.717) is 30.4 Å². The van der Waals surface area contributed by atoms with E-state index in [1.54, 1.807) is 12.3 Å². The van der Waals surface area contributed by atoms with Gasteiger partial charge in [0.05, 0.1) is 24.1 Å². The van der Waals surface area contributed by atoms with Crippen molar-refractivity contribution in [2.75, 3.05) is 12.0 Å². The van der Waals surface area contributed by atoms with Gasteiger partial charge in [-0.25, -0.2) is 0 Å². The number of hydrogen-bond donors (Lipinski definition) is 1. The minimum Gasteiger partial charge on any atom is -0.490 e. The van der Waals surface area contributed by atoms with Crippen LogP contribution in [0.15, 0.2) is 65.8 Å². The minimum atomic E-state index is -4.36. The van der Waals surface area contributed by atoms with Crippen LogP contribution in [0.4, 0.5) is 18.9 Å². The van der Waals surface area contributed by atoms with E-state index in [0.717, 1.165) is 28.8 Å². The Morgan fingerprint density at radius 2 is 1.66 bits per heavy atom. The zero-order valence-corrected chi connectivity index (χ0v) is 18.2. The lowest BCUT2D eigenvalue weighted by molar-refractivity contribution is -0.137. The number of rotatable bonds is 8. The second-order valence-corrected chi connectivity index (χ2v) is 7.30. The molecule has 168 valence electrons. The van der Waals surface area contributed by atoms with Crippen molar-refractivity contribution in [2.24, 2.45) is 5.10 Å². The topological polar surface area (TPSA) is 42.8 Å². The maximum Gasteiger partial charge on any atom is 0.416 e. The molecule has 0 bridgehead atoms. The van der Waals surface area contributed by atoms with E-state index in [1.807, 2.05) is 32.9 Å². The van der Waals surface area contributed by atoms with Gasteiger partial charge >= 0.3 is 6.18 Å². The highest BCUT2D eigenvalue weighted by Crippen LogP contribution is 2.30. The Hall–Kier alpha value is -3.48. The van der Waals surface area contributed by atoms with Crippen molar-refractivity contribution in [3.8, 4) is 11.5 Å². The summed E-state index contributed by atoms with van der Waals surface area (Å²) in [5, 5.41) is 4.10. The third kappa shape index (κ3) is 6.26. The molecule has 0 aromatic heterocycles. The summed E-state index contributed by atoms with van der Waals surface area (Å²) in [5.41, 5.74) is 6.67. The molecule has 3 rings (SSSR count). The number of ether oxygens (including phenoxy) is 2. The molecule has 0 atom stereocenters. The third-order valence-corrected chi connectivity index (χ3v) is 4.77. The average Bonchev–Trinajstić information content (AvgIpc) is 2.75. The minimum absolute atomic E-state index is 0.427. The standard InChI is InChI=1S/C25H25F3N2O2/c1-4-31-24-14-19(15-29-30-22-10-8-21(9-11-22)25(26,27)28)7-12-23(24)32-16-20-13-17(2)5-6-18(20)3/h5-15,30H,4,16H2,1-3H3. The van der Waals surface area contributed by atoms with Gasteiger partial charge in [-0.3, -0.25) is 5.43 Å². The van der Waals surface area contributed by atoms with E-state index in [2.05, 4.69) is 28.7 Å². The third-order valence-electron chi connectivity index (χ3n) is 4.77. The van der Waals surface area contributed by atoms with E-state index in [9.17, 15) is 13.2 Å². The Bertz CT molecular complexity index is 1080. The van der Waals surface area contributed by atoms with Crippen LogP contribution in [0.5, 0.6) is 11.5 Å². The number of hydrazone groups is 1. The van der Waals surface area contributed by atoms with Crippen LogP contribution in [0.25, 0.3) is 0 Å². The highest BCUT2D eigenvalue weighted by molar-refractivity contribution is 5.81. The van der Waals surface area contributed by atoms with Crippen LogP contribution in [0, 0.1) is 13.8 Å². The van der Waals surface area contributed by atoms with Crippen LogP contribution in [0.3, 0.4) is 0 Å². The van der Waals surface area contributed by atoms with E-state index in [1.165, 1.54) is 17.7 Å². The molecule has 3 aromatic carbocycles. The van der Waals surface area contributed by atoms with E-state index in [-0.39, 0.29) is 0 Å². The first-order valence-electron chi connectivity index (χ1n) is 10.2. The lowest BCUT2D eigenvalue weighted by atomic mass is 10.1. The molecule has 0 aliphatic carbocycles. The van der Waals surface area contributed by atoms with Gasteiger partial charge in [0.2, 0.25) is 0 Å². The molecular formula is C25H25F3N2O2. The summed E-state index contributed by atoms with van der Waals surface area (Å²) in [7, 11) is 0. The van der Waals surface area contributed by atoms with Crippen LogP contribution < -0.4 is 14.9 Å². The van der Waals surface area contributed by atoms with Crippen molar-refractivity contribution in [3.05, 3.63) is 88.5 Å². The number of anilines is 1. The predicted octanol–water partition coefficient (Wildman–Crippen LogP) is 6.75. The zero-order chi connectivity index (χ0) is 23.1. The number of aryl methyl sites for hydroxylation is 2. The summed E-state index contributed by atoms with van der Waals surface area (Å²) >= 11 is 0. The summed E-state index contributed by atoms with van der Waals surface area (Å²) < 4.78 is 49.6. The van der Waals surface area contributed by atoms with Gasteiger partial charge in [-0.1, -0.05) is 23.8 Å². The summed E-state index contributed by atoms with van der Waals surface area (Å²) in [6.07, 6.45) is -2.80. The van der Waals surface area contributed by atoms with Crippen molar-refractivity contribution >= 4 is 11.9 Å². The molecule has 0 radical (unpaired) electrons. The van der Waals surface area contributed by atoms with Gasteiger partial charge in [0.15, 0.2) is 11.5 Å². The first kappa shape index (κ1) is 23.2. The molecule has 0 saturated heterocycles. The number of benzene rings is 3. The Labute approximate surface area is 185 Å². The van der Waals surface area contributed by atoms with Gasteiger partial charge in [-0.2, -0.15) is 18.3 Å². The largest absolute Gasteiger partial charge is 0.490 e. The number of hydrogen-bond acceptors (Lipinski definition) is 4. The molecule has 0 aliphatic rings. The fourth-order valence-electron chi connectivity index (χ4n) is 3.02. The molecule has 0 spiro atoms. The van der Waals surface area contributed by atoms with Crippen molar-refractivity contribution in [3.63, 3.8) is 0 Å². The molecule has 7 heteroatoms. The fraction of sp³-hybridized carbons (Fsp3) is 0.240. The maximum atomic E-state index is 12.6. The quantitative estimate of drug-likeness (QED) is 0.310. The van der Waals surface area contributed by atoms with Crippen LogP contribution in [0.2, 0.25) is 0 Å². The van der Waals surface area contributed by atoms with E-state index in [4.69, 9.17) is 9.47 Å². The lowest BCUT2D eigenvalue weighted by Gasteiger charge is -2.14. The molecule has 4 nitrogen and oxygen atoms in total. The van der Waals surface area contributed by atoms with Crippen molar-refractivity contribution in [1.29, 1.82) is 0 Å².